The Balaban J connectivity index is 1.55. The molecular formula is C19H21N3O5. The largest absolute Gasteiger partial charge is 0.455 e. The van der Waals surface area contributed by atoms with Gasteiger partial charge in [0.15, 0.2) is 12.4 Å². The van der Waals surface area contributed by atoms with E-state index in [4.69, 9.17) is 9.26 Å². The van der Waals surface area contributed by atoms with Gasteiger partial charge in [0, 0.05) is 24.7 Å². The highest BCUT2D eigenvalue weighted by Gasteiger charge is 2.36. The van der Waals surface area contributed by atoms with Crippen LogP contribution in [0.4, 0.5) is 11.5 Å². The molecule has 1 aromatic heterocycles. The molecule has 1 atom stereocenters. The van der Waals surface area contributed by atoms with Gasteiger partial charge in [0.05, 0.1) is 5.92 Å². The van der Waals surface area contributed by atoms with Gasteiger partial charge in [-0.2, -0.15) is 0 Å². The van der Waals surface area contributed by atoms with E-state index in [1.54, 1.807) is 17.9 Å². The number of aryl methyl sites for hydroxylation is 3. The molecule has 1 aromatic carbocycles. The lowest BCUT2D eigenvalue weighted by atomic mass is 10.1. The fourth-order valence-corrected chi connectivity index (χ4v) is 3.08. The second-order valence-corrected chi connectivity index (χ2v) is 6.73. The number of ether oxygens (including phenoxy) is 1. The monoisotopic (exact) mass is 371 g/mol. The molecule has 8 heteroatoms. The molecule has 0 unspecified atom stereocenters. The van der Waals surface area contributed by atoms with Crippen LogP contribution in [0.2, 0.25) is 0 Å². The number of carbonyl (C=O) groups excluding carboxylic acids is 3. The van der Waals surface area contributed by atoms with E-state index in [-0.39, 0.29) is 24.7 Å². The molecule has 0 radical (unpaired) electrons. The summed E-state index contributed by atoms with van der Waals surface area (Å²) in [7, 11) is 0. The minimum atomic E-state index is -0.597. The van der Waals surface area contributed by atoms with Gasteiger partial charge in [-0.25, -0.2) is 0 Å². The summed E-state index contributed by atoms with van der Waals surface area (Å²) in [5.74, 6) is -1.01. The Morgan fingerprint density at radius 2 is 1.93 bits per heavy atom. The van der Waals surface area contributed by atoms with Crippen molar-refractivity contribution in [2.24, 2.45) is 5.92 Å². The molecule has 0 spiro atoms. The van der Waals surface area contributed by atoms with Gasteiger partial charge < -0.3 is 19.5 Å². The third kappa shape index (κ3) is 4.52. The van der Waals surface area contributed by atoms with Crippen molar-refractivity contribution < 1.29 is 23.6 Å². The van der Waals surface area contributed by atoms with Gasteiger partial charge in [-0.05, 0) is 44.0 Å². The number of rotatable bonds is 5. The van der Waals surface area contributed by atoms with Crippen molar-refractivity contribution in [2.45, 2.75) is 27.2 Å². The second-order valence-electron chi connectivity index (χ2n) is 6.73. The molecule has 1 aliphatic heterocycles. The van der Waals surface area contributed by atoms with Gasteiger partial charge >= 0.3 is 5.97 Å². The molecule has 3 rings (SSSR count). The summed E-state index contributed by atoms with van der Waals surface area (Å²) >= 11 is 0. The fraction of sp³-hybridized carbons (Fsp3) is 0.368. The van der Waals surface area contributed by atoms with Crippen molar-refractivity contribution in [1.29, 1.82) is 0 Å². The maximum absolute atomic E-state index is 12.3. The Bertz CT molecular complexity index is 869. The van der Waals surface area contributed by atoms with Gasteiger partial charge in [-0.3, -0.25) is 14.4 Å². The van der Waals surface area contributed by atoms with Gasteiger partial charge in [0.2, 0.25) is 5.91 Å². The zero-order valence-corrected chi connectivity index (χ0v) is 15.4. The maximum atomic E-state index is 12.3. The average Bonchev–Trinajstić information content (AvgIpc) is 3.17. The minimum absolute atomic E-state index is 0.0654. The highest BCUT2D eigenvalue weighted by molar-refractivity contribution is 6.00. The van der Waals surface area contributed by atoms with Gasteiger partial charge in [-0.1, -0.05) is 11.2 Å². The lowest BCUT2D eigenvalue weighted by molar-refractivity contribution is -0.151. The van der Waals surface area contributed by atoms with E-state index >= 15 is 0 Å². The predicted octanol–water partition coefficient (Wildman–Crippen LogP) is 2.13. The Morgan fingerprint density at radius 1 is 1.22 bits per heavy atom. The van der Waals surface area contributed by atoms with Crippen molar-refractivity contribution in [3.63, 3.8) is 0 Å². The topological polar surface area (TPSA) is 102 Å². The van der Waals surface area contributed by atoms with Gasteiger partial charge in [0.1, 0.15) is 5.76 Å². The van der Waals surface area contributed by atoms with E-state index in [2.05, 4.69) is 10.5 Å². The average molecular weight is 371 g/mol. The molecule has 1 saturated heterocycles. The Kier molecular flexibility index (Phi) is 5.25. The lowest BCUT2D eigenvalue weighted by Crippen LogP contribution is -2.28. The number of hydrogen-bond donors (Lipinski definition) is 1. The van der Waals surface area contributed by atoms with Crippen LogP contribution in [0.15, 0.2) is 28.8 Å². The summed E-state index contributed by atoms with van der Waals surface area (Å²) in [4.78, 5) is 38.0. The van der Waals surface area contributed by atoms with Crippen LogP contribution in [0, 0.1) is 26.7 Å². The molecule has 1 aliphatic rings. The highest BCUT2D eigenvalue weighted by Crippen LogP contribution is 2.27. The molecule has 1 N–H and O–H groups in total. The van der Waals surface area contributed by atoms with Gasteiger partial charge in [0.25, 0.3) is 5.91 Å². The first-order valence-corrected chi connectivity index (χ1v) is 8.60. The number of esters is 1. The number of aromatic nitrogens is 1. The molecule has 0 saturated carbocycles. The lowest BCUT2D eigenvalue weighted by Gasteiger charge is -2.18. The summed E-state index contributed by atoms with van der Waals surface area (Å²) in [5, 5.41) is 6.10. The SMILES string of the molecule is Cc1cc(C)cc(N2C[C@@H](C(=O)OCC(=O)Nc3cc(C)on3)CC2=O)c1. The first-order chi connectivity index (χ1) is 12.8. The van der Waals surface area contributed by atoms with Crippen LogP contribution >= 0.6 is 0 Å². The standard InChI is InChI=1S/C19H21N3O5/c1-11-4-12(2)6-15(5-11)22-9-14(8-18(22)24)19(25)26-10-17(23)20-16-7-13(3)27-21-16/h4-7,14H,8-10H2,1-3H3,(H,20,21,23)/t14-/m0/s1. The quantitative estimate of drug-likeness (QED) is 0.808. The third-order valence-corrected chi connectivity index (χ3v) is 4.22. The number of carbonyl (C=O) groups is 3. The Hall–Kier alpha value is -3.16. The van der Waals surface area contributed by atoms with Crippen LogP contribution in [0.5, 0.6) is 0 Å². The first kappa shape index (κ1) is 18.6. The van der Waals surface area contributed by atoms with Crippen LogP contribution < -0.4 is 10.2 Å². The van der Waals surface area contributed by atoms with E-state index in [0.29, 0.717) is 5.76 Å². The van der Waals surface area contributed by atoms with Crippen molar-refractivity contribution in [2.75, 3.05) is 23.4 Å². The number of nitrogens with zero attached hydrogens (tertiary/aromatic N) is 2. The summed E-state index contributed by atoms with van der Waals surface area (Å²) in [6.07, 6.45) is 0.0654. The first-order valence-electron chi connectivity index (χ1n) is 8.60. The fourth-order valence-electron chi connectivity index (χ4n) is 3.08. The van der Waals surface area contributed by atoms with Crippen LogP contribution in [0.1, 0.15) is 23.3 Å². The molecule has 27 heavy (non-hydrogen) atoms. The highest BCUT2D eigenvalue weighted by atomic mass is 16.5. The van der Waals surface area contributed by atoms with Crippen LogP contribution in [-0.4, -0.2) is 36.1 Å². The molecular weight excluding hydrogens is 350 g/mol. The Labute approximate surface area is 156 Å². The second kappa shape index (κ2) is 7.61. The van der Waals surface area contributed by atoms with Crippen LogP contribution in [0.3, 0.4) is 0 Å². The summed E-state index contributed by atoms with van der Waals surface area (Å²) in [6, 6.07) is 7.39. The van der Waals surface area contributed by atoms with Crippen molar-refractivity contribution in [3.8, 4) is 0 Å². The molecule has 1 fully saturated rings. The number of amides is 2. The summed E-state index contributed by atoms with van der Waals surface area (Å²) in [5.41, 5.74) is 2.86. The zero-order chi connectivity index (χ0) is 19.6. The molecule has 2 amide bonds. The number of anilines is 2. The van der Waals surface area contributed by atoms with E-state index in [1.807, 2.05) is 32.0 Å². The third-order valence-electron chi connectivity index (χ3n) is 4.22. The smallest absolute Gasteiger partial charge is 0.311 e. The molecule has 0 aliphatic carbocycles. The molecule has 2 heterocycles. The number of hydrogen-bond acceptors (Lipinski definition) is 6. The van der Waals surface area contributed by atoms with Crippen molar-refractivity contribution in [1.82, 2.24) is 5.16 Å². The van der Waals surface area contributed by atoms with Crippen molar-refractivity contribution in [3.05, 3.63) is 41.2 Å². The molecule has 142 valence electrons. The van der Waals surface area contributed by atoms with E-state index in [9.17, 15) is 14.4 Å². The van der Waals surface area contributed by atoms with E-state index in [0.717, 1.165) is 16.8 Å². The molecule has 0 bridgehead atoms. The maximum Gasteiger partial charge on any atom is 0.311 e. The summed E-state index contributed by atoms with van der Waals surface area (Å²) < 4.78 is 9.90. The van der Waals surface area contributed by atoms with Crippen LogP contribution in [0.25, 0.3) is 0 Å². The van der Waals surface area contributed by atoms with E-state index < -0.39 is 24.4 Å². The minimum Gasteiger partial charge on any atom is -0.455 e. The normalized spacial score (nSPS) is 16.5. The van der Waals surface area contributed by atoms with Gasteiger partial charge in [-0.15, -0.1) is 0 Å². The van der Waals surface area contributed by atoms with E-state index in [1.165, 1.54) is 0 Å². The number of benzene rings is 1. The summed E-state index contributed by atoms with van der Waals surface area (Å²) in [6.45, 7) is 5.40. The molecule has 2 aromatic rings. The Morgan fingerprint density at radius 3 is 2.56 bits per heavy atom. The molecule has 8 nitrogen and oxygen atoms in total. The number of nitrogens with one attached hydrogen (secondary N) is 1. The zero-order valence-electron chi connectivity index (χ0n) is 15.4. The van der Waals surface area contributed by atoms with Crippen molar-refractivity contribution >= 4 is 29.3 Å². The predicted molar refractivity (Wildman–Crippen MR) is 97.2 cm³/mol. The van der Waals surface area contributed by atoms with Crippen LogP contribution in [-0.2, 0) is 19.1 Å².